The van der Waals surface area contributed by atoms with E-state index in [-0.39, 0.29) is 0 Å². The first-order valence-electron chi connectivity index (χ1n) is 6.47. The Morgan fingerprint density at radius 3 is 3.06 bits per heavy atom. The van der Waals surface area contributed by atoms with Crippen LogP contribution >= 0.6 is 0 Å². The number of nitrogens with zero attached hydrogens (tertiary/aromatic N) is 2. The van der Waals surface area contributed by atoms with Gasteiger partial charge in [-0.3, -0.25) is 4.68 Å². The molecule has 0 spiro atoms. The summed E-state index contributed by atoms with van der Waals surface area (Å²) in [6.07, 6.45) is 3.45. The van der Waals surface area contributed by atoms with Crippen molar-refractivity contribution in [1.29, 1.82) is 0 Å². The van der Waals surface area contributed by atoms with E-state index in [0.717, 1.165) is 19.7 Å². The van der Waals surface area contributed by atoms with Gasteiger partial charge in [-0.2, -0.15) is 5.10 Å². The molecule has 17 heavy (non-hydrogen) atoms. The third-order valence-electron chi connectivity index (χ3n) is 3.56. The third-order valence-corrected chi connectivity index (χ3v) is 3.56. The topological polar surface area (TPSA) is 39.1 Å². The number of ether oxygens (including phenoxy) is 1. The van der Waals surface area contributed by atoms with E-state index in [2.05, 4.69) is 30.3 Å². The van der Waals surface area contributed by atoms with Crippen molar-refractivity contribution in [3.63, 3.8) is 0 Å². The lowest BCUT2D eigenvalue weighted by Gasteiger charge is -2.22. The average Bonchev–Trinajstić information content (AvgIpc) is 2.88. The normalized spacial score (nSPS) is 24.7. The number of rotatable bonds is 5. The Hall–Kier alpha value is -0.870. The Bertz CT molecular complexity index is 348. The molecule has 2 atom stereocenters. The van der Waals surface area contributed by atoms with Gasteiger partial charge in [0.05, 0.1) is 11.8 Å². The highest BCUT2D eigenvalue weighted by Crippen LogP contribution is 2.26. The molecular formula is C13H23N3O. The predicted octanol–water partition coefficient (Wildman–Crippen LogP) is 1.57. The first kappa shape index (κ1) is 12.6. The zero-order chi connectivity index (χ0) is 12.3. The monoisotopic (exact) mass is 237 g/mol. The maximum Gasteiger partial charge on any atom is 0.0639 e. The maximum absolute atomic E-state index is 5.78. The fraction of sp³-hybridized carbons (Fsp3) is 0.769. The molecule has 1 fully saturated rings. The molecule has 0 radical (unpaired) electrons. The van der Waals surface area contributed by atoms with Crippen LogP contribution in [0.1, 0.15) is 26.0 Å². The van der Waals surface area contributed by atoms with E-state index in [4.69, 9.17) is 4.74 Å². The van der Waals surface area contributed by atoms with Gasteiger partial charge in [0.1, 0.15) is 0 Å². The van der Waals surface area contributed by atoms with Crippen LogP contribution in [-0.2, 0) is 18.3 Å². The average molecular weight is 237 g/mol. The van der Waals surface area contributed by atoms with E-state index < -0.39 is 0 Å². The largest absolute Gasteiger partial charge is 0.378 e. The molecule has 2 heterocycles. The first-order chi connectivity index (χ1) is 8.18. The van der Waals surface area contributed by atoms with Crippen LogP contribution in [0.5, 0.6) is 0 Å². The molecule has 2 rings (SSSR count). The van der Waals surface area contributed by atoms with E-state index in [0.29, 0.717) is 17.9 Å². The van der Waals surface area contributed by atoms with Crippen LogP contribution in [0.2, 0.25) is 0 Å². The van der Waals surface area contributed by atoms with Gasteiger partial charge in [-0.15, -0.1) is 0 Å². The molecule has 1 aromatic heterocycles. The summed E-state index contributed by atoms with van der Waals surface area (Å²) in [7, 11) is 1.98. The van der Waals surface area contributed by atoms with Crippen molar-refractivity contribution in [1.82, 2.24) is 15.1 Å². The molecule has 1 aromatic rings. The molecule has 4 nitrogen and oxygen atoms in total. The molecule has 1 aliphatic rings. The van der Waals surface area contributed by atoms with E-state index in [1.54, 1.807) is 0 Å². The van der Waals surface area contributed by atoms with E-state index in [1.165, 1.54) is 12.1 Å². The van der Waals surface area contributed by atoms with Crippen LogP contribution in [0.15, 0.2) is 12.3 Å². The summed E-state index contributed by atoms with van der Waals surface area (Å²) in [6.45, 7) is 7.32. The fourth-order valence-electron chi connectivity index (χ4n) is 2.57. The number of aryl methyl sites for hydroxylation is 1. The molecule has 0 aliphatic carbocycles. The molecule has 1 aliphatic heterocycles. The Morgan fingerprint density at radius 2 is 2.41 bits per heavy atom. The van der Waals surface area contributed by atoms with Gasteiger partial charge in [0.15, 0.2) is 0 Å². The van der Waals surface area contributed by atoms with E-state index in [9.17, 15) is 0 Å². The standard InChI is InChI=1S/C13H23N3O/c1-10(2)13-11(5-7-17-13)8-14-9-12-4-6-15-16(12)3/h4,6,10-11,13-14H,5,7-9H2,1-3H3/t11-,13-/m1/s1. The lowest BCUT2D eigenvalue weighted by atomic mass is 9.93. The molecule has 0 aromatic carbocycles. The second-order valence-corrected chi connectivity index (χ2v) is 5.21. The Morgan fingerprint density at radius 1 is 1.59 bits per heavy atom. The summed E-state index contributed by atoms with van der Waals surface area (Å²) in [5.41, 5.74) is 1.23. The highest BCUT2D eigenvalue weighted by atomic mass is 16.5. The Kier molecular flexibility index (Phi) is 4.18. The highest BCUT2D eigenvalue weighted by molar-refractivity contribution is 4.99. The van der Waals surface area contributed by atoms with Gasteiger partial charge in [-0.25, -0.2) is 0 Å². The van der Waals surface area contributed by atoms with Crippen molar-refractivity contribution in [2.24, 2.45) is 18.9 Å². The van der Waals surface area contributed by atoms with E-state index >= 15 is 0 Å². The molecular weight excluding hydrogens is 214 g/mol. The van der Waals surface area contributed by atoms with Crippen LogP contribution in [0.3, 0.4) is 0 Å². The maximum atomic E-state index is 5.78. The summed E-state index contributed by atoms with van der Waals surface area (Å²) < 4.78 is 7.70. The lowest BCUT2D eigenvalue weighted by molar-refractivity contribution is 0.0539. The quantitative estimate of drug-likeness (QED) is 0.845. The minimum Gasteiger partial charge on any atom is -0.378 e. The van der Waals surface area contributed by atoms with Crippen molar-refractivity contribution in [3.05, 3.63) is 18.0 Å². The van der Waals surface area contributed by atoms with Gasteiger partial charge in [-0.1, -0.05) is 13.8 Å². The highest BCUT2D eigenvalue weighted by Gasteiger charge is 2.30. The van der Waals surface area contributed by atoms with Crippen molar-refractivity contribution in [2.45, 2.75) is 32.9 Å². The first-order valence-corrected chi connectivity index (χ1v) is 6.47. The summed E-state index contributed by atoms with van der Waals surface area (Å²) in [5.74, 6) is 1.27. The van der Waals surface area contributed by atoms with Gasteiger partial charge in [0.2, 0.25) is 0 Å². The second kappa shape index (κ2) is 5.65. The summed E-state index contributed by atoms with van der Waals surface area (Å²) >= 11 is 0. The van der Waals surface area contributed by atoms with Gasteiger partial charge >= 0.3 is 0 Å². The minimum atomic E-state index is 0.425. The molecule has 0 saturated carbocycles. The molecule has 1 N–H and O–H groups in total. The third kappa shape index (κ3) is 3.07. The van der Waals surface area contributed by atoms with Crippen molar-refractivity contribution < 1.29 is 4.74 Å². The summed E-state index contributed by atoms with van der Waals surface area (Å²) in [6, 6.07) is 2.05. The smallest absolute Gasteiger partial charge is 0.0639 e. The van der Waals surface area contributed by atoms with E-state index in [1.807, 2.05) is 17.9 Å². The molecule has 1 saturated heterocycles. The van der Waals surface area contributed by atoms with Crippen LogP contribution in [0, 0.1) is 11.8 Å². The van der Waals surface area contributed by atoms with Crippen molar-refractivity contribution in [2.75, 3.05) is 13.2 Å². The zero-order valence-electron chi connectivity index (χ0n) is 11.0. The molecule has 0 amide bonds. The van der Waals surface area contributed by atoms with Gasteiger partial charge in [-0.05, 0) is 24.3 Å². The van der Waals surface area contributed by atoms with Crippen LogP contribution < -0.4 is 5.32 Å². The van der Waals surface area contributed by atoms with Crippen molar-refractivity contribution in [3.8, 4) is 0 Å². The zero-order valence-corrected chi connectivity index (χ0v) is 11.0. The number of nitrogens with one attached hydrogen (secondary N) is 1. The number of hydrogen-bond acceptors (Lipinski definition) is 3. The SMILES string of the molecule is CC(C)[C@H]1OCC[C@@H]1CNCc1ccnn1C. The van der Waals surface area contributed by atoms with Crippen LogP contribution in [0.4, 0.5) is 0 Å². The second-order valence-electron chi connectivity index (χ2n) is 5.21. The summed E-state index contributed by atoms with van der Waals surface area (Å²) in [4.78, 5) is 0. The van der Waals surface area contributed by atoms with Crippen molar-refractivity contribution >= 4 is 0 Å². The lowest BCUT2D eigenvalue weighted by Crippen LogP contribution is -2.31. The number of hydrogen-bond donors (Lipinski definition) is 1. The minimum absolute atomic E-state index is 0.425. The Labute approximate surface area is 103 Å². The molecule has 0 bridgehead atoms. The Balaban J connectivity index is 1.77. The van der Waals surface area contributed by atoms with Crippen LogP contribution in [-0.4, -0.2) is 29.0 Å². The molecule has 4 heteroatoms. The fourth-order valence-corrected chi connectivity index (χ4v) is 2.57. The van der Waals surface area contributed by atoms with Gasteiger partial charge < -0.3 is 10.1 Å². The van der Waals surface area contributed by atoms with Gasteiger partial charge in [0, 0.05) is 32.9 Å². The summed E-state index contributed by atoms with van der Waals surface area (Å²) in [5, 5.41) is 7.68. The predicted molar refractivity (Wildman–Crippen MR) is 67.6 cm³/mol. The van der Waals surface area contributed by atoms with Crippen LogP contribution in [0.25, 0.3) is 0 Å². The number of aromatic nitrogens is 2. The molecule has 0 unspecified atom stereocenters. The van der Waals surface area contributed by atoms with Gasteiger partial charge in [0.25, 0.3) is 0 Å². The molecule has 96 valence electrons.